The Balaban J connectivity index is 1.26. The topological polar surface area (TPSA) is 61.3 Å². The van der Waals surface area contributed by atoms with Gasteiger partial charge in [0, 0.05) is 67.8 Å². The van der Waals surface area contributed by atoms with Gasteiger partial charge in [-0.1, -0.05) is 24.8 Å². The Morgan fingerprint density at radius 1 is 0.949 bits per heavy atom. The number of hydrogen-bond donors (Lipinski definition) is 2. The molecular formula is C29H32F3N7. The lowest BCUT2D eigenvalue weighted by atomic mass is 10.0. The highest BCUT2D eigenvalue weighted by Crippen LogP contribution is 2.35. The van der Waals surface area contributed by atoms with Crippen molar-refractivity contribution in [2.45, 2.75) is 26.2 Å². The first-order valence-electron chi connectivity index (χ1n) is 12.9. The van der Waals surface area contributed by atoms with Crippen LogP contribution >= 0.6 is 0 Å². The third-order valence-corrected chi connectivity index (χ3v) is 7.06. The molecular weight excluding hydrogens is 503 g/mol. The number of nitrogens with zero attached hydrogens (tertiary/aromatic N) is 5. The van der Waals surface area contributed by atoms with E-state index in [1.165, 1.54) is 0 Å². The molecule has 7 nitrogen and oxygen atoms in total. The van der Waals surface area contributed by atoms with Crippen LogP contribution in [0.4, 0.5) is 24.5 Å². The lowest BCUT2D eigenvalue weighted by Gasteiger charge is -2.33. The number of benzene rings is 2. The van der Waals surface area contributed by atoms with Gasteiger partial charge in [0.1, 0.15) is 5.82 Å². The first-order valence-corrected chi connectivity index (χ1v) is 12.9. The molecule has 0 spiro atoms. The first-order chi connectivity index (χ1) is 18.7. The molecule has 1 fully saturated rings. The second kappa shape index (κ2) is 11.1. The van der Waals surface area contributed by atoms with Crippen molar-refractivity contribution in [1.29, 1.82) is 0 Å². The van der Waals surface area contributed by atoms with E-state index in [9.17, 15) is 13.2 Å². The number of rotatable bonds is 8. The number of aryl methyl sites for hydroxylation is 1. The van der Waals surface area contributed by atoms with Crippen LogP contribution in [0.1, 0.15) is 18.1 Å². The Morgan fingerprint density at radius 3 is 2.33 bits per heavy atom. The number of hydrogen-bond acceptors (Lipinski definition) is 6. The zero-order valence-corrected chi connectivity index (χ0v) is 22.1. The molecule has 0 unspecified atom stereocenters. The number of fused-ring (bicyclic) bond motifs is 1. The normalized spacial score (nSPS) is 15.0. The Morgan fingerprint density at radius 2 is 1.64 bits per heavy atom. The van der Waals surface area contributed by atoms with Crippen LogP contribution in [-0.4, -0.2) is 57.8 Å². The average Bonchev–Trinajstić information content (AvgIpc) is 3.34. The third-order valence-electron chi connectivity index (χ3n) is 7.06. The van der Waals surface area contributed by atoms with Crippen LogP contribution in [0.5, 0.6) is 0 Å². The number of pyridine rings is 1. The van der Waals surface area contributed by atoms with Crippen molar-refractivity contribution in [3.63, 3.8) is 0 Å². The minimum atomic E-state index is -4.45. The number of halogens is 3. The fraction of sp³-hybridized carbons (Fsp3) is 0.310. The molecule has 1 aliphatic rings. The van der Waals surface area contributed by atoms with Crippen LogP contribution in [0.2, 0.25) is 0 Å². The molecule has 3 heterocycles. The summed E-state index contributed by atoms with van der Waals surface area (Å²) < 4.78 is 43.7. The molecule has 4 aromatic rings. The van der Waals surface area contributed by atoms with Gasteiger partial charge in [0.15, 0.2) is 0 Å². The van der Waals surface area contributed by atoms with Crippen molar-refractivity contribution in [3.8, 4) is 11.1 Å². The van der Waals surface area contributed by atoms with Gasteiger partial charge in [-0.2, -0.15) is 18.3 Å². The quantitative estimate of drug-likeness (QED) is 0.294. The highest BCUT2D eigenvalue weighted by Gasteiger charge is 2.34. The number of nitrogens with one attached hydrogen (secondary N) is 2. The summed E-state index contributed by atoms with van der Waals surface area (Å²) in [6.07, 6.45) is 1.03. The van der Waals surface area contributed by atoms with E-state index in [1.807, 2.05) is 61.5 Å². The lowest BCUT2D eigenvalue weighted by Crippen LogP contribution is -2.44. The maximum absolute atomic E-state index is 13.9. The van der Waals surface area contributed by atoms with Gasteiger partial charge >= 0.3 is 6.18 Å². The number of piperazine rings is 1. The summed E-state index contributed by atoms with van der Waals surface area (Å²) in [5.41, 5.74) is 3.67. The van der Waals surface area contributed by atoms with Crippen LogP contribution < -0.4 is 10.6 Å². The first kappa shape index (κ1) is 26.7. The second-order valence-electron chi connectivity index (χ2n) is 9.84. The van der Waals surface area contributed by atoms with Crippen LogP contribution in [-0.2, 0) is 19.3 Å². The Hall–Kier alpha value is -3.89. The van der Waals surface area contributed by atoms with Crippen molar-refractivity contribution in [2.75, 3.05) is 43.9 Å². The van der Waals surface area contributed by atoms with E-state index in [0.717, 1.165) is 66.5 Å². The van der Waals surface area contributed by atoms with Crippen molar-refractivity contribution < 1.29 is 13.2 Å². The third kappa shape index (κ3) is 6.07. The molecule has 1 aliphatic heterocycles. The summed E-state index contributed by atoms with van der Waals surface area (Å²) in [5.74, 6) is 0.371. The fourth-order valence-electron chi connectivity index (χ4n) is 4.89. The summed E-state index contributed by atoms with van der Waals surface area (Å²) >= 11 is 0. The zero-order valence-electron chi connectivity index (χ0n) is 22.1. The van der Waals surface area contributed by atoms with Crippen molar-refractivity contribution in [1.82, 2.24) is 24.6 Å². The van der Waals surface area contributed by atoms with E-state index < -0.39 is 11.7 Å². The molecule has 1 saturated heterocycles. The van der Waals surface area contributed by atoms with E-state index in [2.05, 4.69) is 37.1 Å². The number of anilines is 2. The molecule has 0 radical (unpaired) electrons. The van der Waals surface area contributed by atoms with Gasteiger partial charge in [-0.05, 0) is 49.4 Å². The largest absolute Gasteiger partial charge is 0.416 e. The standard InChI is InChI=1S/C29H32F3N7/c1-4-39-28-18-33-16-25(26(28)17-34-39)21-5-8-23(9-6-21)35-20(2)36-24-10-7-22(27(15-24)29(30,31)32)19-38-13-11-37(3)12-14-38/h5-10,15-18,35-36H,2,4,11-14,19H2,1,3H3. The molecule has 10 heteroatoms. The minimum Gasteiger partial charge on any atom is -0.342 e. The predicted octanol–water partition coefficient (Wildman–Crippen LogP) is 5.88. The van der Waals surface area contributed by atoms with Crippen molar-refractivity contribution in [3.05, 3.63) is 84.6 Å². The molecule has 5 rings (SSSR count). The molecule has 0 atom stereocenters. The molecule has 204 valence electrons. The SMILES string of the molecule is C=C(Nc1ccc(-c2cncc3c2cnn3CC)cc1)Nc1ccc(CN2CCN(C)CC2)c(C(F)(F)F)c1. The fourth-order valence-corrected chi connectivity index (χ4v) is 4.89. The number of alkyl halides is 3. The Labute approximate surface area is 225 Å². The minimum absolute atomic E-state index is 0.275. The highest BCUT2D eigenvalue weighted by molar-refractivity contribution is 5.93. The van der Waals surface area contributed by atoms with Crippen molar-refractivity contribution in [2.24, 2.45) is 0 Å². The van der Waals surface area contributed by atoms with Gasteiger partial charge in [0.2, 0.25) is 0 Å². The van der Waals surface area contributed by atoms with Crippen LogP contribution in [0, 0.1) is 0 Å². The highest BCUT2D eigenvalue weighted by atomic mass is 19.4. The number of likely N-dealkylation sites (N-methyl/N-ethyl adjacent to an activating group) is 1. The molecule has 0 amide bonds. The average molecular weight is 536 g/mol. The van der Waals surface area contributed by atoms with Crippen molar-refractivity contribution >= 4 is 22.3 Å². The zero-order chi connectivity index (χ0) is 27.6. The molecule has 0 bridgehead atoms. The molecule has 2 aromatic heterocycles. The summed E-state index contributed by atoms with van der Waals surface area (Å²) in [7, 11) is 2.02. The summed E-state index contributed by atoms with van der Waals surface area (Å²) in [5, 5.41) is 11.6. The molecule has 39 heavy (non-hydrogen) atoms. The van der Waals surface area contributed by atoms with Gasteiger partial charge in [0.05, 0.1) is 23.5 Å². The smallest absolute Gasteiger partial charge is 0.342 e. The molecule has 2 aromatic carbocycles. The van der Waals surface area contributed by atoms with Gasteiger partial charge in [0.25, 0.3) is 0 Å². The monoisotopic (exact) mass is 535 g/mol. The summed E-state index contributed by atoms with van der Waals surface area (Å²) in [4.78, 5) is 8.61. The lowest BCUT2D eigenvalue weighted by molar-refractivity contribution is -0.138. The number of aromatic nitrogens is 3. The second-order valence-corrected chi connectivity index (χ2v) is 9.84. The van der Waals surface area contributed by atoms with Gasteiger partial charge in [-0.15, -0.1) is 0 Å². The van der Waals surface area contributed by atoms with E-state index >= 15 is 0 Å². The molecule has 0 saturated carbocycles. The van der Waals surface area contributed by atoms with Gasteiger partial charge < -0.3 is 15.5 Å². The van der Waals surface area contributed by atoms with Gasteiger partial charge in [-0.25, -0.2) is 0 Å². The van der Waals surface area contributed by atoms with Crippen LogP contribution in [0.3, 0.4) is 0 Å². The van der Waals surface area contributed by atoms with E-state index in [4.69, 9.17) is 0 Å². The summed E-state index contributed by atoms with van der Waals surface area (Å²) in [6.45, 7) is 10.2. The maximum Gasteiger partial charge on any atom is 0.416 e. The van der Waals surface area contributed by atoms with E-state index in [-0.39, 0.29) is 12.1 Å². The van der Waals surface area contributed by atoms with Gasteiger partial charge in [-0.3, -0.25) is 14.6 Å². The molecule has 0 aliphatic carbocycles. The van der Waals surface area contributed by atoms with Crippen LogP contribution in [0.15, 0.2) is 73.5 Å². The Bertz CT molecular complexity index is 1450. The van der Waals surface area contributed by atoms with Crippen LogP contribution in [0.25, 0.3) is 22.0 Å². The summed E-state index contributed by atoms with van der Waals surface area (Å²) in [6, 6.07) is 12.1. The van der Waals surface area contributed by atoms with E-state index in [0.29, 0.717) is 11.5 Å². The molecule has 2 N–H and O–H groups in total. The van der Waals surface area contributed by atoms with E-state index in [1.54, 1.807) is 12.1 Å². The predicted molar refractivity (Wildman–Crippen MR) is 149 cm³/mol. The maximum atomic E-state index is 13.9. The Kier molecular flexibility index (Phi) is 7.58.